The Labute approximate surface area is 32.5 Å². The summed E-state index contributed by atoms with van der Waals surface area (Å²) in [6, 6.07) is 0. The van der Waals surface area contributed by atoms with E-state index in [0.29, 0.717) is 0 Å². The van der Waals surface area contributed by atoms with E-state index in [-0.39, 0.29) is 0 Å². The van der Waals surface area contributed by atoms with E-state index in [1.807, 2.05) is 0 Å². The van der Waals surface area contributed by atoms with Crippen LogP contribution in [0.5, 0.6) is 0 Å². The lowest BCUT2D eigenvalue weighted by atomic mass is 10.4. The Morgan fingerprint density at radius 1 is 1.60 bits per heavy atom. The second kappa shape index (κ2) is 1.25. The Morgan fingerprint density at radius 2 is 2.60 bits per heavy atom. The highest BCUT2D eigenvalue weighted by Gasteiger charge is 1.85. The summed E-state index contributed by atoms with van der Waals surface area (Å²) in [6.45, 7) is 0. The van der Waals surface area contributed by atoms with E-state index in [1.54, 1.807) is 0 Å². The van der Waals surface area contributed by atoms with Crippen molar-refractivity contribution >= 4 is 0 Å². The molecule has 0 atom stereocenters. The number of hydrogen-bond acceptors (Lipinski definition) is 0. The van der Waals surface area contributed by atoms with Gasteiger partial charge in [0.2, 0.25) is 0 Å². The fraction of sp³-hybridized carbons (Fsp3) is 0.600. The van der Waals surface area contributed by atoms with Crippen molar-refractivity contribution in [1.29, 1.82) is 0 Å². The molecule has 0 nitrogen and oxygen atoms in total. The van der Waals surface area contributed by atoms with Crippen LogP contribution in [0.3, 0.4) is 0 Å². The number of hydrogen-bond donors (Lipinski definition) is 0. The molecule has 1 rings (SSSR count). The second-order valence-electron chi connectivity index (χ2n) is 1.30. The van der Waals surface area contributed by atoms with Gasteiger partial charge in [-0.1, -0.05) is 6.08 Å². The molecule has 0 aromatic heterocycles. The van der Waals surface area contributed by atoms with Crippen molar-refractivity contribution < 1.29 is 0 Å². The van der Waals surface area contributed by atoms with Crippen molar-refractivity contribution in [3.63, 3.8) is 0 Å². The van der Waals surface area contributed by atoms with Crippen LogP contribution in [0.25, 0.3) is 0 Å². The molecule has 1 radical (unpaired) electrons. The van der Waals surface area contributed by atoms with E-state index in [9.17, 15) is 0 Å². The van der Waals surface area contributed by atoms with Crippen molar-refractivity contribution in [2.24, 2.45) is 0 Å². The Bertz CT molecular complexity index is 38.0. The van der Waals surface area contributed by atoms with E-state index in [2.05, 4.69) is 12.2 Å². The van der Waals surface area contributed by atoms with Gasteiger partial charge in [0.05, 0.1) is 0 Å². The fourth-order valence-corrected chi connectivity index (χ4v) is 0.510. The van der Waals surface area contributed by atoms with Crippen LogP contribution in [-0.2, 0) is 0 Å². The van der Waals surface area contributed by atoms with Gasteiger partial charge in [0, 0.05) is 0 Å². The van der Waals surface area contributed by atoms with E-state index in [1.165, 1.54) is 19.3 Å². The van der Waals surface area contributed by atoms with E-state index >= 15 is 0 Å². The lowest BCUT2D eigenvalue weighted by molar-refractivity contribution is 0.922. The molecule has 0 spiro atoms. The highest BCUT2D eigenvalue weighted by Crippen LogP contribution is 2.03. The molecule has 0 amide bonds. The quantitative estimate of drug-likeness (QED) is 0.403. The van der Waals surface area contributed by atoms with E-state index in [0.717, 1.165) is 0 Å². The zero-order valence-electron chi connectivity index (χ0n) is 3.20. The molecule has 0 aromatic carbocycles. The molecule has 1 aliphatic carbocycles. The molecule has 0 N–H and O–H groups in total. The van der Waals surface area contributed by atoms with Gasteiger partial charge in [0.25, 0.3) is 0 Å². The van der Waals surface area contributed by atoms with Gasteiger partial charge in [-0.3, -0.25) is 0 Å². The van der Waals surface area contributed by atoms with Crippen LogP contribution in [0.1, 0.15) is 19.3 Å². The van der Waals surface area contributed by atoms with Crippen LogP contribution in [0.15, 0.2) is 6.08 Å². The van der Waals surface area contributed by atoms with Gasteiger partial charge in [0.1, 0.15) is 0 Å². The van der Waals surface area contributed by atoms with Gasteiger partial charge in [-0.25, -0.2) is 0 Å². The Hall–Kier alpha value is -0.260. The average Bonchev–Trinajstić information content (AvgIpc) is 1.76. The molecule has 0 fully saturated rings. The van der Waals surface area contributed by atoms with Crippen LogP contribution in [0.4, 0.5) is 0 Å². The zero-order chi connectivity index (χ0) is 3.54. The van der Waals surface area contributed by atoms with Crippen LogP contribution < -0.4 is 0 Å². The first-order valence-corrected chi connectivity index (χ1v) is 2.05. The molecule has 0 bridgehead atoms. The minimum absolute atomic E-state index is 1.19. The lowest BCUT2D eigenvalue weighted by Gasteiger charge is -1.68. The fourth-order valence-electron chi connectivity index (χ4n) is 0.510. The topological polar surface area (TPSA) is 0 Å². The Balaban J connectivity index is 2.32. The van der Waals surface area contributed by atoms with Gasteiger partial charge >= 0.3 is 0 Å². The van der Waals surface area contributed by atoms with Gasteiger partial charge in [0.15, 0.2) is 0 Å². The maximum atomic E-state index is 3.10. The van der Waals surface area contributed by atoms with Crippen molar-refractivity contribution in [1.82, 2.24) is 0 Å². The summed E-state index contributed by atoms with van der Waals surface area (Å²) < 4.78 is 0. The first-order valence-electron chi connectivity index (χ1n) is 2.05. The standard InChI is InChI=1S/C5H7/c1-2-4-5-3-1/h1H,2,4-5H2. The molecular weight excluding hydrogens is 60.1 g/mol. The third kappa shape index (κ3) is 0.504. The molecule has 0 aliphatic heterocycles. The number of rotatable bonds is 0. The first-order chi connectivity index (χ1) is 2.50. The monoisotopic (exact) mass is 67.1 g/mol. The van der Waals surface area contributed by atoms with Crippen LogP contribution in [0, 0.1) is 6.08 Å². The predicted molar refractivity (Wildman–Crippen MR) is 21.7 cm³/mol. The molecule has 0 heteroatoms. The minimum Gasteiger partial charge on any atom is -0.0810 e. The third-order valence-corrected chi connectivity index (χ3v) is 0.814. The second-order valence-corrected chi connectivity index (χ2v) is 1.30. The molecule has 5 heavy (non-hydrogen) atoms. The summed E-state index contributed by atoms with van der Waals surface area (Å²) in [7, 11) is 0. The van der Waals surface area contributed by atoms with Crippen LogP contribution in [-0.4, -0.2) is 0 Å². The lowest BCUT2D eigenvalue weighted by Crippen LogP contribution is -1.50. The predicted octanol–water partition coefficient (Wildman–Crippen LogP) is 1.53. The van der Waals surface area contributed by atoms with E-state index < -0.39 is 0 Å². The summed E-state index contributed by atoms with van der Waals surface area (Å²) in [5.74, 6) is 0. The van der Waals surface area contributed by atoms with Gasteiger partial charge in [-0.2, -0.15) is 0 Å². The SMILES string of the molecule is [C]1=CCCC1. The molecular formula is C5H7. The van der Waals surface area contributed by atoms with Crippen LogP contribution >= 0.6 is 0 Å². The van der Waals surface area contributed by atoms with Gasteiger partial charge in [-0.15, -0.1) is 0 Å². The molecule has 27 valence electrons. The van der Waals surface area contributed by atoms with Crippen molar-refractivity contribution in [2.75, 3.05) is 0 Å². The smallest absolute Gasteiger partial charge is 0.0276 e. The van der Waals surface area contributed by atoms with Crippen molar-refractivity contribution in [2.45, 2.75) is 19.3 Å². The Kier molecular flexibility index (Phi) is 0.738. The molecule has 0 saturated carbocycles. The van der Waals surface area contributed by atoms with Crippen molar-refractivity contribution in [3.05, 3.63) is 12.2 Å². The normalized spacial score (nSPS) is 20.8. The van der Waals surface area contributed by atoms with Gasteiger partial charge in [-0.05, 0) is 25.3 Å². The minimum atomic E-state index is 1.19. The molecule has 0 aromatic rings. The van der Waals surface area contributed by atoms with Gasteiger partial charge < -0.3 is 0 Å². The van der Waals surface area contributed by atoms with E-state index in [4.69, 9.17) is 0 Å². The average molecular weight is 67.1 g/mol. The van der Waals surface area contributed by atoms with Crippen molar-refractivity contribution in [3.8, 4) is 0 Å². The summed E-state index contributed by atoms with van der Waals surface area (Å²) in [4.78, 5) is 0. The maximum absolute atomic E-state index is 3.10. The third-order valence-electron chi connectivity index (χ3n) is 0.814. The highest BCUT2D eigenvalue weighted by atomic mass is 13.9. The molecule has 0 unspecified atom stereocenters. The first kappa shape index (κ1) is 2.95. The summed E-state index contributed by atoms with van der Waals surface area (Å²) >= 11 is 0. The molecule has 0 saturated heterocycles. The summed E-state index contributed by atoms with van der Waals surface area (Å²) in [5.41, 5.74) is 0. The summed E-state index contributed by atoms with van der Waals surface area (Å²) in [6.07, 6.45) is 9.00. The highest BCUT2D eigenvalue weighted by molar-refractivity contribution is 4.80. The summed E-state index contributed by atoms with van der Waals surface area (Å²) in [5, 5.41) is 0. The van der Waals surface area contributed by atoms with Crippen LogP contribution in [0.2, 0.25) is 0 Å². The molecule has 0 heterocycles. The number of allylic oxidation sites excluding steroid dienone is 2. The largest absolute Gasteiger partial charge is 0.0810 e. The molecule has 1 aliphatic rings. The zero-order valence-corrected chi connectivity index (χ0v) is 3.20. The maximum Gasteiger partial charge on any atom is -0.0276 e. The Morgan fingerprint density at radius 3 is 2.80 bits per heavy atom.